The van der Waals surface area contributed by atoms with E-state index in [1.165, 1.54) is 28.0 Å². The molecule has 1 saturated heterocycles. The molecule has 0 aromatic carbocycles. The number of carboxylic acid groups (broad SMARTS) is 1. The number of Topliss-reactive ketones (excluding diaryl/α,β-unsaturated/α-hetero) is 1. The van der Waals surface area contributed by atoms with Crippen molar-refractivity contribution in [2.45, 2.75) is 76.4 Å². The summed E-state index contributed by atoms with van der Waals surface area (Å²) in [7, 11) is 0. The number of hydrogen-bond donors (Lipinski definition) is 5. The van der Waals surface area contributed by atoms with Gasteiger partial charge in [0.1, 0.15) is 24.4 Å². The van der Waals surface area contributed by atoms with Crippen molar-refractivity contribution < 1.29 is 44.4 Å². The number of hydrogen-bond acceptors (Lipinski definition) is 8. The van der Waals surface area contributed by atoms with E-state index in [1.807, 2.05) is 20.8 Å². The lowest BCUT2D eigenvalue weighted by molar-refractivity contribution is -0.777. The third kappa shape index (κ3) is 5.34. The van der Waals surface area contributed by atoms with Crippen LogP contribution in [0, 0.1) is 5.41 Å². The van der Waals surface area contributed by atoms with Crippen LogP contribution in [-0.2, 0) is 14.3 Å². The standard InChI is InChI=1S/C21H28ClN3O8/c1-21(2,3)18(30)12(6-10-4-5-11(22)13(26)7-10)25-9-24(8-23-25)19-16(29)14(27)15(28)17(33-19)20(31)32/h4-5,8-9,12,14-19,27-30H,6-7H2,1-3H3/p+1. The lowest BCUT2D eigenvalue weighted by atomic mass is 9.81. The maximum atomic E-state index is 12.0. The highest BCUT2D eigenvalue weighted by molar-refractivity contribution is 6.43. The molecule has 3 rings (SSSR count). The van der Waals surface area contributed by atoms with E-state index in [2.05, 4.69) is 5.10 Å². The lowest BCUT2D eigenvalue weighted by Crippen LogP contribution is -2.63. The van der Waals surface area contributed by atoms with Gasteiger partial charge in [-0.1, -0.05) is 44.0 Å². The summed E-state index contributed by atoms with van der Waals surface area (Å²) in [4.78, 5) is 23.4. The van der Waals surface area contributed by atoms with E-state index < -0.39 is 54.2 Å². The predicted octanol–water partition coefficient (Wildman–Crippen LogP) is -0.405. The normalized spacial score (nSPS) is 30.4. The minimum Gasteiger partial charge on any atom is -0.479 e. The Morgan fingerprint density at radius 3 is 2.52 bits per heavy atom. The van der Waals surface area contributed by atoms with Crippen LogP contribution in [0.4, 0.5) is 0 Å². The number of rotatable bonds is 6. The topological polar surface area (TPSA) is 166 Å². The van der Waals surface area contributed by atoms with Crippen LogP contribution < -0.4 is 4.57 Å². The van der Waals surface area contributed by atoms with Gasteiger partial charge >= 0.3 is 5.97 Å². The van der Waals surface area contributed by atoms with Crippen molar-refractivity contribution in [3.05, 3.63) is 35.4 Å². The van der Waals surface area contributed by atoms with Crippen LogP contribution in [0.3, 0.4) is 0 Å². The first-order valence-corrected chi connectivity index (χ1v) is 10.8. The van der Waals surface area contributed by atoms with Crippen molar-refractivity contribution in [3.8, 4) is 0 Å². The molecule has 7 atom stereocenters. The van der Waals surface area contributed by atoms with Crippen molar-refractivity contribution in [3.63, 3.8) is 0 Å². The summed E-state index contributed by atoms with van der Waals surface area (Å²) in [5, 5.41) is 55.1. The van der Waals surface area contributed by atoms with Crippen LogP contribution in [0.2, 0.25) is 0 Å². The molecule has 11 nitrogen and oxygen atoms in total. The molecule has 1 aromatic rings. The van der Waals surface area contributed by atoms with Gasteiger partial charge in [-0.15, -0.1) is 4.68 Å². The third-order valence-corrected chi connectivity index (χ3v) is 6.21. The summed E-state index contributed by atoms with van der Waals surface area (Å²) >= 11 is 5.86. The number of aliphatic hydroxyl groups is 4. The average Bonchev–Trinajstić information content (AvgIpc) is 3.21. The Kier molecular flexibility index (Phi) is 7.42. The van der Waals surface area contributed by atoms with Gasteiger partial charge in [0.2, 0.25) is 12.6 Å². The fraction of sp³-hybridized carbons (Fsp3) is 0.619. The number of ether oxygens (including phenoxy) is 1. The monoisotopic (exact) mass is 486 g/mol. The van der Waals surface area contributed by atoms with Crippen molar-refractivity contribution in [2.24, 2.45) is 5.41 Å². The minimum absolute atomic E-state index is 0.110. The second kappa shape index (κ2) is 9.61. The molecule has 0 bridgehead atoms. The zero-order valence-corrected chi connectivity index (χ0v) is 19.2. The van der Waals surface area contributed by atoms with Crippen molar-refractivity contribution in [1.29, 1.82) is 0 Å². The van der Waals surface area contributed by atoms with Gasteiger partial charge in [-0.2, -0.15) is 0 Å². The number of carbonyl (C=O) groups excluding carboxylic acids is 1. The molecule has 0 radical (unpaired) electrons. The van der Waals surface area contributed by atoms with E-state index in [4.69, 9.17) is 16.3 Å². The maximum Gasteiger partial charge on any atom is 0.335 e. The van der Waals surface area contributed by atoms with Crippen LogP contribution in [-0.4, -0.2) is 77.6 Å². The minimum atomic E-state index is -1.81. The number of halogens is 1. The molecule has 7 unspecified atom stereocenters. The number of carboxylic acids is 1. The quantitative estimate of drug-likeness (QED) is 0.336. The van der Waals surface area contributed by atoms with E-state index in [0.29, 0.717) is 0 Å². The van der Waals surface area contributed by atoms with Gasteiger partial charge in [-0.05, 0) is 11.5 Å². The van der Waals surface area contributed by atoms with Gasteiger partial charge in [-0.25, -0.2) is 9.36 Å². The maximum absolute atomic E-state index is 12.0. The smallest absolute Gasteiger partial charge is 0.335 e. The van der Waals surface area contributed by atoms with Crippen molar-refractivity contribution in [2.75, 3.05) is 0 Å². The third-order valence-electron chi connectivity index (χ3n) is 5.88. The van der Waals surface area contributed by atoms with Crippen LogP contribution in [0.15, 0.2) is 35.4 Å². The first-order valence-electron chi connectivity index (χ1n) is 10.4. The van der Waals surface area contributed by atoms with Gasteiger partial charge in [0, 0.05) is 17.9 Å². The van der Waals surface area contributed by atoms with Gasteiger partial charge in [0.05, 0.1) is 11.1 Å². The number of nitrogens with zero attached hydrogens (tertiary/aromatic N) is 3. The molecule has 12 heteroatoms. The number of allylic oxidation sites excluding steroid dienone is 4. The molecule has 0 saturated carbocycles. The van der Waals surface area contributed by atoms with E-state index >= 15 is 0 Å². The number of aliphatic hydroxyl groups excluding tert-OH is 4. The molecule has 2 heterocycles. The largest absolute Gasteiger partial charge is 0.479 e. The zero-order chi connectivity index (χ0) is 24.7. The molecule has 1 fully saturated rings. The van der Waals surface area contributed by atoms with E-state index in [9.17, 15) is 35.1 Å². The van der Waals surface area contributed by atoms with Crippen molar-refractivity contribution >= 4 is 23.4 Å². The Hall–Kier alpha value is -2.15. The second-order valence-electron chi connectivity index (χ2n) is 9.45. The molecule has 182 valence electrons. The fourth-order valence-electron chi connectivity index (χ4n) is 3.90. The Morgan fingerprint density at radius 1 is 1.27 bits per heavy atom. The Balaban J connectivity index is 1.91. The van der Waals surface area contributed by atoms with Crippen LogP contribution in [0.25, 0.3) is 0 Å². The lowest BCUT2D eigenvalue weighted by Gasteiger charge is -2.37. The van der Waals surface area contributed by atoms with Crippen LogP contribution in [0.5, 0.6) is 0 Å². The van der Waals surface area contributed by atoms with Gasteiger partial charge in [-0.3, -0.25) is 4.79 Å². The van der Waals surface area contributed by atoms with Crippen molar-refractivity contribution in [1.82, 2.24) is 9.78 Å². The summed E-state index contributed by atoms with van der Waals surface area (Å²) in [5.74, 6) is -1.72. The summed E-state index contributed by atoms with van der Waals surface area (Å²) in [6, 6.07) is -0.623. The van der Waals surface area contributed by atoms with Gasteiger partial charge in [0.25, 0.3) is 6.33 Å². The number of aromatic nitrogens is 3. The highest BCUT2D eigenvalue weighted by Crippen LogP contribution is 2.34. The molecule has 1 aliphatic heterocycles. The molecule has 1 aromatic heterocycles. The molecular formula is C21H29ClN3O8+. The zero-order valence-electron chi connectivity index (χ0n) is 18.4. The van der Waals surface area contributed by atoms with E-state index in [-0.39, 0.29) is 23.7 Å². The summed E-state index contributed by atoms with van der Waals surface area (Å²) < 4.78 is 8.03. The SMILES string of the molecule is CC(C)(C)C(O)C(CC1=CC=C(Cl)C(=O)C1)n1c[n+](C2OC(C(=O)O)C(O)C(O)C2O)cn1. The second-order valence-corrected chi connectivity index (χ2v) is 9.86. The Labute approximate surface area is 195 Å². The molecule has 33 heavy (non-hydrogen) atoms. The van der Waals surface area contributed by atoms with Crippen LogP contribution >= 0.6 is 11.6 Å². The highest BCUT2D eigenvalue weighted by atomic mass is 35.5. The number of carbonyl (C=O) groups is 2. The predicted molar refractivity (Wildman–Crippen MR) is 113 cm³/mol. The molecular weight excluding hydrogens is 458 g/mol. The number of aliphatic carboxylic acids is 1. The first kappa shape index (κ1) is 25.5. The molecule has 2 aliphatic rings. The summed E-state index contributed by atoms with van der Waals surface area (Å²) in [6.07, 6.45) is -2.90. The summed E-state index contributed by atoms with van der Waals surface area (Å²) in [6.45, 7) is 5.55. The fourth-order valence-corrected chi connectivity index (χ4v) is 4.03. The molecule has 0 spiro atoms. The highest BCUT2D eigenvalue weighted by Gasteiger charge is 2.49. The Morgan fingerprint density at radius 2 is 1.94 bits per heavy atom. The number of ketones is 1. The van der Waals surface area contributed by atoms with Gasteiger partial charge < -0.3 is 30.3 Å². The first-order chi connectivity index (χ1) is 15.3. The average molecular weight is 487 g/mol. The Bertz CT molecular complexity index is 969. The van der Waals surface area contributed by atoms with Gasteiger partial charge in [0.15, 0.2) is 11.9 Å². The van der Waals surface area contributed by atoms with E-state index in [1.54, 1.807) is 6.08 Å². The summed E-state index contributed by atoms with van der Waals surface area (Å²) in [5.41, 5.74) is 0.196. The van der Waals surface area contributed by atoms with E-state index in [0.717, 1.165) is 5.57 Å². The molecule has 5 N–H and O–H groups in total. The molecule has 0 amide bonds. The van der Waals surface area contributed by atoms with Crippen LogP contribution in [0.1, 0.15) is 45.9 Å². The molecule has 1 aliphatic carbocycles.